The van der Waals surface area contributed by atoms with Crippen molar-refractivity contribution >= 4 is 39.1 Å². The predicted molar refractivity (Wildman–Crippen MR) is 67.2 cm³/mol. The molecule has 0 heterocycles. The highest BCUT2D eigenvalue weighted by Gasteiger charge is 2.16. The summed E-state index contributed by atoms with van der Waals surface area (Å²) in [6.07, 6.45) is 0.494. The Labute approximate surface area is 108 Å². The lowest BCUT2D eigenvalue weighted by atomic mass is 10.1. The highest BCUT2D eigenvalue weighted by molar-refractivity contribution is 9.10. The lowest BCUT2D eigenvalue weighted by molar-refractivity contribution is -0.118. The fourth-order valence-corrected chi connectivity index (χ4v) is 1.93. The molecular formula is C11H10BrClN2O. The number of anilines is 1. The summed E-state index contributed by atoms with van der Waals surface area (Å²) in [5.74, 6) is -0.921. The molecule has 0 aliphatic heterocycles. The van der Waals surface area contributed by atoms with Gasteiger partial charge in [0.25, 0.3) is 0 Å². The van der Waals surface area contributed by atoms with Gasteiger partial charge in [0.05, 0.1) is 11.8 Å². The molecule has 0 aromatic heterocycles. The van der Waals surface area contributed by atoms with Crippen molar-refractivity contribution in [3.05, 3.63) is 27.7 Å². The van der Waals surface area contributed by atoms with Crippen molar-refractivity contribution in [2.45, 2.75) is 13.3 Å². The molecule has 0 saturated heterocycles. The number of hydrogen-bond acceptors (Lipinski definition) is 2. The highest BCUT2D eigenvalue weighted by Crippen LogP contribution is 2.26. The average Bonchev–Trinajstić information content (AvgIpc) is 2.24. The number of halogens is 2. The van der Waals surface area contributed by atoms with E-state index in [0.29, 0.717) is 21.6 Å². The number of nitrogens with one attached hydrogen (secondary N) is 1. The maximum Gasteiger partial charge on any atom is 0.241 e. The van der Waals surface area contributed by atoms with Crippen LogP contribution in [0.5, 0.6) is 0 Å². The van der Waals surface area contributed by atoms with Crippen LogP contribution in [0.15, 0.2) is 22.7 Å². The number of rotatable bonds is 3. The van der Waals surface area contributed by atoms with Crippen LogP contribution in [-0.2, 0) is 4.79 Å². The van der Waals surface area contributed by atoms with Crippen molar-refractivity contribution in [1.82, 2.24) is 0 Å². The summed E-state index contributed by atoms with van der Waals surface area (Å²) in [7, 11) is 0. The first-order valence-corrected chi connectivity index (χ1v) is 5.91. The zero-order valence-electron chi connectivity index (χ0n) is 8.63. The van der Waals surface area contributed by atoms with E-state index in [0.717, 1.165) is 0 Å². The first-order chi connectivity index (χ1) is 7.58. The van der Waals surface area contributed by atoms with E-state index in [1.807, 2.05) is 6.07 Å². The van der Waals surface area contributed by atoms with Crippen LogP contribution >= 0.6 is 27.5 Å². The van der Waals surface area contributed by atoms with Gasteiger partial charge in [-0.25, -0.2) is 0 Å². The van der Waals surface area contributed by atoms with Gasteiger partial charge in [0, 0.05) is 9.50 Å². The van der Waals surface area contributed by atoms with Gasteiger partial charge in [0.1, 0.15) is 5.92 Å². The summed E-state index contributed by atoms with van der Waals surface area (Å²) >= 11 is 9.06. The second kappa shape index (κ2) is 5.88. The number of carbonyl (C=O) groups excluding carboxylic acids is 1. The molecule has 5 heteroatoms. The molecule has 0 radical (unpaired) electrons. The summed E-state index contributed by atoms with van der Waals surface area (Å²) in [6.45, 7) is 1.80. The number of carbonyl (C=O) groups is 1. The second-order valence-corrected chi connectivity index (χ2v) is 4.49. The molecule has 16 heavy (non-hydrogen) atoms. The van der Waals surface area contributed by atoms with Crippen LogP contribution in [-0.4, -0.2) is 5.91 Å². The van der Waals surface area contributed by atoms with Gasteiger partial charge in [-0.1, -0.05) is 18.5 Å². The molecule has 0 bridgehead atoms. The van der Waals surface area contributed by atoms with Crippen LogP contribution in [0.25, 0.3) is 0 Å². The standard InChI is InChI=1S/C11H10BrClN2O/c1-2-7(6-14)11(16)15-10-4-3-8(13)5-9(10)12/h3-5,7H,2H2,1H3,(H,15,16). The Balaban J connectivity index is 2.81. The number of hydrogen-bond donors (Lipinski definition) is 1. The molecule has 1 amide bonds. The van der Waals surface area contributed by atoms with E-state index in [2.05, 4.69) is 21.2 Å². The summed E-state index contributed by atoms with van der Waals surface area (Å²) in [4.78, 5) is 11.6. The second-order valence-electron chi connectivity index (χ2n) is 3.20. The van der Waals surface area contributed by atoms with E-state index < -0.39 is 5.92 Å². The monoisotopic (exact) mass is 300 g/mol. The molecule has 1 rings (SSSR count). The lowest BCUT2D eigenvalue weighted by Crippen LogP contribution is -2.21. The molecule has 0 aliphatic rings. The Hall–Kier alpha value is -1.05. The molecule has 0 fully saturated rings. The summed E-state index contributed by atoms with van der Waals surface area (Å²) in [5, 5.41) is 12.0. The molecule has 1 atom stereocenters. The van der Waals surface area contributed by atoms with Crippen LogP contribution in [0.2, 0.25) is 5.02 Å². The molecule has 1 unspecified atom stereocenters. The molecule has 0 spiro atoms. The van der Waals surface area contributed by atoms with Crippen LogP contribution in [0.1, 0.15) is 13.3 Å². The van der Waals surface area contributed by atoms with Crippen LogP contribution in [0.4, 0.5) is 5.69 Å². The molecule has 1 N–H and O–H groups in total. The van der Waals surface area contributed by atoms with Crippen molar-refractivity contribution in [3.63, 3.8) is 0 Å². The van der Waals surface area contributed by atoms with E-state index >= 15 is 0 Å². The Kier molecular flexibility index (Phi) is 4.78. The average molecular weight is 302 g/mol. The minimum atomic E-state index is -0.623. The third kappa shape index (κ3) is 3.22. The summed E-state index contributed by atoms with van der Waals surface area (Å²) in [5.41, 5.74) is 0.614. The van der Waals surface area contributed by atoms with Gasteiger partial charge in [-0.05, 0) is 40.5 Å². The summed E-state index contributed by atoms with van der Waals surface area (Å²) < 4.78 is 0.696. The predicted octanol–water partition coefficient (Wildman–Crippen LogP) is 3.59. The van der Waals surface area contributed by atoms with Crippen molar-refractivity contribution in [1.29, 1.82) is 5.26 Å². The van der Waals surface area contributed by atoms with Gasteiger partial charge >= 0.3 is 0 Å². The molecule has 84 valence electrons. The Morgan fingerprint density at radius 1 is 1.69 bits per heavy atom. The number of amides is 1. The Bertz CT molecular complexity index is 442. The summed E-state index contributed by atoms with van der Waals surface area (Å²) in [6, 6.07) is 7.00. The topological polar surface area (TPSA) is 52.9 Å². The highest BCUT2D eigenvalue weighted by atomic mass is 79.9. The minimum Gasteiger partial charge on any atom is -0.324 e. The fourth-order valence-electron chi connectivity index (χ4n) is 1.15. The Morgan fingerprint density at radius 3 is 2.88 bits per heavy atom. The van der Waals surface area contributed by atoms with Crippen molar-refractivity contribution in [2.75, 3.05) is 5.32 Å². The molecule has 1 aromatic carbocycles. The smallest absolute Gasteiger partial charge is 0.241 e. The fraction of sp³-hybridized carbons (Fsp3) is 0.273. The molecular weight excluding hydrogens is 291 g/mol. The van der Waals surface area contributed by atoms with E-state index in [-0.39, 0.29) is 5.91 Å². The molecule has 1 aromatic rings. The van der Waals surface area contributed by atoms with Crippen LogP contribution in [0, 0.1) is 17.2 Å². The molecule has 0 saturated carbocycles. The zero-order valence-corrected chi connectivity index (χ0v) is 11.0. The normalized spacial score (nSPS) is 11.6. The maximum atomic E-state index is 11.6. The van der Waals surface area contributed by atoms with Gasteiger partial charge < -0.3 is 5.32 Å². The molecule has 3 nitrogen and oxygen atoms in total. The SMILES string of the molecule is CCC(C#N)C(=O)Nc1ccc(Cl)cc1Br. The largest absolute Gasteiger partial charge is 0.324 e. The van der Waals surface area contributed by atoms with Crippen molar-refractivity contribution in [2.24, 2.45) is 5.92 Å². The van der Waals surface area contributed by atoms with E-state index in [9.17, 15) is 4.79 Å². The zero-order chi connectivity index (χ0) is 12.1. The van der Waals surface area contributed by atoms with Gasteiger partial charge in [-0.3, -0.25) is 4.79 Å². The van der Waals surface area contributed by atoms with E-state index in [1.165, 1.54) is 0 Å². The third-order valence-corrected chi connectivity index (χ3v) is 2.96. The number of nitriles is 1. The lowest BCUT2D eigenvalue weighted by Gasteiger charge is -2.09. The molecule has 0 aliphatic carbocycles. The maximum absolute atomic E-state index is 11.6. The van der Waals surface area contributed by atoms with Crippen molar-refractivity contribution in [3.8, 4) is 6.07 Å². The Morgan fingerprint density at radius 2 is 2.38 bits per heavy atom. The first-order valence-electron chi connectivity index (χ1n) is 4.74. The van der Waals surface area contributed by atoms with Crippen molar-refractivity contribution < 1.29 is 4.79 Å². The van der Waals surface area contributed by atoms with Crippen LogP contribution < -0.4 is 5.32 Å². The van der Waals surface area contributed by atoms with E-state index in [1.54, 1.807) is 25.1 Å². The number of benzene rings is 1. The van der Waals surface area contributed by atoms with Gasteiger partial charge in [0.15, 0.2) is 0 Å². The van der Waals surface area contributed by atoms with Gasteiger partial charge in [-0.15, -0.1) is 0 Å². The van der Waals surface area contributed by atoms with Crippen LogP contribution in [0.3, 0.4) is 0 Å². The number of nitrogens with zero attached hydrogens (tertiary/aromatic N) is 1. The van der Waals surface area contributed by atoms with Gasteiger partial charge in [-0.2, -0.15) is 5.26 Å². The minimum absolute atomic E-state index is 0.298. The van der Waals surface area contributed by atoms with Gasteiger partial charge in [0.2, 0.25) is 5.91 Å². The quantitative estimate of drug-likeness (QED) is 0.927. The third-order valence-electron chi connectivity index (χ3n) is 2.07. The van der Waals surface area contributed by atoms with E-state index in [4.69, 9.17) is 16.9 Å². The first kappa shape index (κ1) is 13.0.